The Kier molecular flexibility index (Phi) is 5.94. The fraction of sp³-hybridized carbons (Fsp3) is 0.250. The van der Waals surface area contributed by atoms with Crippen LogP contribution in [0.5, 0.6) is 11.5 Å². The first-order valence-corrected chi connectivity index (χ1v) is 8.12. The van der Waals surface area contributed by atoms with Crippen LogP contribution >= 0.6 is 31.9 Å². The molecule has 0 aliphatic rings. The van der Waals surface area contributed by atoms with E-state index >= 15 is 0 Å². The Hall–Kier alpha value is -1.20. The molecule has 0 atom stereocenters. The van der Waals surface area contributed by atoms with Crippen molar-refractivity contribution in [2.45, 2.75) is 6.42 Å². The number of benzene rings is 2. The molecule has 0 radical (unpaired) electrons. The SMILES string of the molecule is COc1ccc(CCNc2cc(OC)c(Br)cc2Br)cc1. The third kappa shape index (κ3) is 4.38. The molecular weight excluding hydrogens is 398 g/mol. The smallest absolute Gasteiger partial charge is 0.135 e. The molecule has 21 heavy (non-hydrogen) atoms. The Morgan fingerprint density at radius 3 is 2.29 bits per heavy atom. The number of methoxy groups -OCH3 is 2. The van der Waals surface area contributed by atoms with Crippen LogP contribution in [-0.4, -0.2) is 20.8 Å². The summed E-state index contributed by atoms with van der Waals surface area (Å²) in [6.45, 7) is 0.843. The van der Waals surface area contributed by atoms with Crippen LogP contribution in [0.3, 0.4) is 0 Å². The van der Waals surface area contributed by atoms with Gasteiger partial charge in [0.25, 0.3) is 0 Å². The monoisotopic (exact) mass is 413 g/mol. The molecule has 0 heterocycles. The molecule has 0 aliphatic heterocycles. The third-order valence-electron chi connectivity index (χ3n) is 3.13. The van der Waals surface area contributed by atoms with Gasteiger partial charge in [-0.3, -0.25) is 0 Å². The predicted octanol–water partition coefficient (Wildman–Crippen LogP) is 4.88. The zero-order valence-electron chi connectivity index (χ0n) is 12.0. The van der Waals surface area contributed by atoms with Gasteiger partial charge in [-0.2, -0.15) is 0 Å². The van der Waals surface area contributed by atoms with Gasteiger partial charge < -0.3 is 14.8 Å². The minimum atomic E-state index is 0.810. The number of hydrogen-bond donors (Lipinski definition) is 1. The quantitative estimate of drug-likeness (QED) is 0.730. The molecule has 1 N–H and O–H groups in total. The van der Waals surface area contributed by atoms with Gasteiger partial charge in [-0.15, -0.1) is 0 Å². The van der Waals surface area contributed by atoms with Crippen LogP contribution < -0.4 is 14.8 Å². The Morgan fingerprint density at radius 2 is 1.67 bits per heavy atom. The molecule has 0 aromatic heterocycles. The molecule has 5 heteroatoms. The molecule has 112 valence electrons. The van der Waals surface area contributed by atoms with Crippen LogP contribution in [-0.2, 0) is 6.42 Å². The van der Waals surface area contributed by atoms with Crippen LogP contribution in [0.4, 0.5) is 5.69 Å². The number of anilines is 1. The molecule has 3 nitrogen and oxygen atoms in total. The van der Waals surface area contributed by atoms with Crippen LogP contribution in [0.2, 0.25) is 0 Å². The molecule has 0 saturated carbocycles. The van der Waals surface area contributed by atoms with E-state index in [1.165, 1.54) is 5.56 Å². The molecule has 0 saturated heterocycles. The lowest BCUT2D eigenvalue weighted by atomic mass is 10.1. The van der Waals surface area contributed by atoms with Crippen LogP contribution in [0.1, 0.15) is 5.56 Å². The summed E-state index contributed by atoms with van der Waals surface area (Å²) in [5.74, 6) is 1.69. The van der Waals surface area contributed by atoms with Gasteiger partial charge in [-0.05, 0) is 62.0 Å². The predicted molar refractivity (Wildman–Crippen MR) is 93.6 cm³/mol. The molecular formula is C16H17Br2NO2. The van der Waals surface area contributed by atoms with Gasteiger partial charge in [-0.1, -0.05) is 12.1 Å². The molecule has 0 unspecified atom stereocenters. The van der Waals surface area contributed by atoms with Gasteiger partial charge >= 0.3 is 0 Å². The molecule has 0 bridgehead atoms. The number of rotatable bonds is 6. The lowest BCUT2D eigenvalue weighted by molar-refractivity contribution is 0.412. The topological polar surface area (TPSA) is 30.5 Å². The van der Waals surface area contributed by atoms with E-state index in [1.54, 1.807) is 14.2 Å². The Balaban J connectivity index is 1.96. The fourth-order valence-corrected chi connectivity index (χ4v) is 3.25. The van der Waals surface area contributed by atoms with Gasteiger partial charge in [0.1, 0.15) is 11.5 Å². The second-order valence-electron chi connectivity index (χ2n) is 4.49. The zero-order chi connectivity index (χ0) is 15.2. The van der Waals surface area contributed by atoms with Crippen molar-refractivity contribution in [2.75, 3.05) is 26.1 Å². The van der Waals surface area contributed by atoms with E-state index in [0.29, 0.717) is 0 Å². The van der Waals surface area contributed by atoms with Crippen molar-refractivity contribution in [3.05, 3.63) is 50.9 Å². The normalized spacial score (nSPS) is 10.3. The minimum absolute atomic E-state index is 0.810. The molecule has 0 amide bonds. The Labute approximate surface area is 141 Å². The van der Waals surface area contributed by atoms with Crippen molar-refractivity contribution < 1.29 is 9.47 Å². The van der Waals surface area contributed by atoms with Crippen molar-refractivity contribution in [2.24, 2.45) is 0 Å². The summed E-state index contributed by atoms with van der Waals surface area (Å²) in [5, 5.41) is 3.41. The first-order valence-electron chi connectivity index (χ1n) is 6.54. The first-order chi connectivity index (χ1) is 10.1. The lowest BCUT2D eigenvalue weighted by Crippen LogP contribution is -2.05. The van der Waals surface area contributed by atoms with Crippen molar-refractivity contribution in [3.63, 3.8) is 0 Å². The highest BCUT2D eigenvalue weighted by Gasteiger charge is 2.06. The Bertz CT molecular complexity index is 600. The largest absolute Gasteiger partial charge is 0.497 e. The molecule has 0 spiro atoms. The number of nitrogens with one attached hydrogen (secondary N) is 1. The van der Waals surface area contributed by atoms with Crippen LogP contribution in [0, 0.1) is 0 Å². The second kappa shape index (κ2) is 7.71. The first kappa shape index (κ1) is 16.2. The minimum Gasteiger partial charge on any atom is -0.497 e. The summed E-state index contributed by atoms with van der Waals surface area (Å²) in [6, 6.07) is 12.1. The molecule has 0 fully saturated rings. The molecule has 0 aliphatic carbocycles. The van der Waals surface area contributed by atoms with Crippen molar-refractivity contribution in [3.8, 4) is 11.5 Å². The van der Waals surface area contributed by atoms with E-state index in [1.807, 2.05) is 24.3 Å². The van der Waals surface area contributed by atoms with Crippen LogP contribution in [0.15, 0.2) is 45.3 Å². The highest BCUT2D eigenvalue weighted by atomic mass is 79.9. The maximum Gasteiger partial charge on any atom is 0.135 e. The number of hydrogen-bond acceptors (Lipinski definition) is 3. The highest BCUT2D eigenvalue weighted by molar-refractivity contribution is 9.11. The van der Waals surface area contributed by atoms with E-state index in [0.717, 1.165) is 39.1 Å². The van der Waals surface area contributed by atoms with Crippen molar-refractivity contribution in [1.29, 1.82) is 0 Å². The molecule has 2 aromatic carbocycles. The van der Waals surface area contributed by atoms with Gasteiger partial charge in [0.05, 0.1) is 24.4 Å². The number of halogens is 2. The Morgan fingerprint density at radius 1 is 0.952 bits per heavy atom. The van der Waals surface area contributed by atoms with Gasteiger partial charge in [0.2, 0.25) is 0 Å². The van der Waals surface area contributed by atoms with Gasteiger partial charge in [-0.25, -0.2) is 0 Å². The van der Waals surface area contributed by atoms with E-state index in [4.69, 9.17) is 9.47 Å². The van der Waals surface area contributed by atoms with Crippen LogP contribution in [0.25, 0.3) is 0 Å². The van der Waals surface area contributed by atoms with E-state index in [-0.39, 0.29) is 0 Å². The average Bonchev–Trinajstić information content (AvgIpc) is 2.50. The summed E-state index contributed by atoms with van der Waals surface area (Å²) in [7, 11) is 3.34. The summed E-state index contributed by atoms with van der Waals surface area (Å²) >= 11 is 7.02. The van der Waals surface area contributed by atoms with Gasteiger partial charge in [0, 0.05) is 17.1 Å². The summed E-state index contributed by atoms with van der Waals surface area (Å²) < 4.78 is 12.4. The fourth-order valence-electron chi connectivity index (χ4n) is 1.95. The van der Waals surface area contributed by atoms with E-state index in [2.05, 4.69) is 49.3 Å². The lowest BCUT2D eigenvalue weighted by Gasteiger charge is -2.12. The molecule has 2 aromatic rings. The summed E-state index contributed by atoms with van der Waals surface area (Å²) in [4.78, 5) is 0. The van der Waals surface area contributed by atoms with E-state index in [9.17, 15) is 0 Å². The van der Waals surface area contributed by atoms with Crippen molar-refractivity contribution >= 4 is 37.5 Å². The summed E-state index contributed by atoms with van der Waals surface area (Å²) in [6.07, 6.45) is 0.939. The highest BCUT2D eigenvalue weighted by Crippen LogP contribution is 2.34. The summed E-state index contributed by atoms with van der Waals surface area (Å²) in [5.41, 5.74) is 2.28. The van der Waals surface area contributed by atoms with E-state index < -0.39 is 0 Å². The number of ether oxygens (including phenoxy) is 2. The zero-order valence-corrected chi connectivity index (χ0v) is 15.1. The standard InChI is InChI=1S/C16H17Br2NO2/c1-20-12-5-3-11(4-6-12)7-8-19-15-10-16(21-2)14(18)9-13(15)17/h3-6,9-10,19H,7-8H2,1-2H3. The third-order valence-corrected chi connectivity index (χ3v) is 4.41. The molecule has 2 rings (SSSR count). The maximum atomic E-state index is 5.31. The second-order valence-corrected chi connectivity index (χ2v) is 6.20. The average molecular weight is 415 g/mol. The maximum absolute atomic E-state index is 5.31. The van der Waals surface area contributed by atoms with Crippen molar-refractivity contribution in [1.82, 2.24) is 0 Å². The van der Waals surface area contributed by atoms with Gasteiger partial charge in [0.15, 0.2) is 0 Å².